The minimum atomic E-state index is -0.478. The molecule has 6 heteroatoms. The van der Waals surface area contributed by atoms with Gasteiger partial charge in [0.25, 0.3) is 0 Å². The fourth-order valence-electron chi connectivity index (χ4n) is 2.05. The lowest BCUT2D eigenvalue weighted by molar-refractivity contribution is 0.461. The minimum Gasteiger partial charge on any atom is -0.504 e. The van der Waals surface area contributed by atoms with Gasteiger partial charge in [0, 0.05) is 11.6 Å². The molecule has 2 aromatic rings. The van der Waals surface area contributed by atoms with E-state index < -0.39 is 2.14 Å². The molecule has 0 amide bonds. The molecule has 0 fully saturated rings. The second kappa shape index (κ2) is 5.81. The van der Waals surface area contributed by atoms with Crippen LogP contribution < -0.4 is 0 Å². The van der Waals surface area contributed by atoms with Crippen LogP contribution in [0.25, 0.3) is 11.3 Å². The van der Waals surface area contributed by atoms with Crippen molar-refractivity contribution in [3.63, 3.8) is 0 Å². The molecule has 0 spiro atoms. The molecule has 0 radical (unpaired) electrons. The fourth-order valence-corrected chi connectivity index (χ4v) is 2.79. The SMILES string of the molecule is Cc1c(O)c(-c2cccc(C(Br)(Br)Br)c2)nn1C(C)C. The molecule has 0 saturated heterocycles. The van der Waals surface area contributed by atoms with Gasteiger partial charge in [-0.15, -0.1) is 0 Å². The van der Waals surface area contributed by atoms with E-state index in [2.05, 4.69) is 52.9 Å². The van der Waals surface area contributed by atoms with Crippen molar-refractivity contribution in [2.75, 3.05) is 0 Å². The molecule has 1 aromatic carbocycles. The Bertz CT molecular complexity index is 630. The van der Waals surface area contributed by atoms with Crippen molar-refractivity contribution in [3.8, 4) is 17.0 Å². The molecule has 108 valence electrons. The first-order valence-corrected chi connectivity index (χ1v) is 8.55. The van der Waals surface area contributed by atoms with E-state index in [1.54, 1.807) is 0 Å². The summed E-state index contributed by atoms with van der Waals surface area (Å²) in [6.45, 7) is 5.96. The van der Waals surface area contributed by atoms with Gasteiger partial charge in [-0.2, -0.15) is 5.10 Å². The second-order valence-electron chi connectivity index (χ2n) is 4.90. The van der Waals surface area contributed by atoms with Gasteiger partial charge in [-0.25, -0.2) is 0 Å². The molecular weight excluding hydrogens is 452 g/mol. The van der Waals surface area contributed by atoms with E-state index >= 15 is 0 Å². The standard InChI is InChI=1S/C14H15Br3N2O/c1-8(2)19-9(3)13(20)12(18-19)10-5-4-6-11(7-10)14(15,16)17/h4-8,20H,1-3H3. The van der Waals surface area contributed by atoms with E-state index in [9.17, 15) is 5.11 Å². The number of benzene rings is 1. The smallest absolute Gasteiger partial charge is 0.164 e. The van der Waals surface area contributed by atoms with Gasteiger partial charge >= 0.3 is 0 Å². The number of nitrogens with zero attached hydrogens (tertiary/aromatic N) is 2. The van der Waals surface area contributed by atoms with Gasteiger partial charge < -0.3 is 5.11 Å². The Balaban J connectivity index is 2.55. The molecule has 20 heavy (non-hydrogen) atoms. The van der Waals surface area contributed by atoms with Gasteiger partial charge in [0.1, 0.15) is 5.69 Å². The normalized spacial score (nSPS) is 12.2. The van der Waals surface area contributed by atoms with Crippen LogP contribution in [-0.2, 0) is 2.14 Å². The third kappa shape index (κ3) is 3.12. The van der Waals surface area contributed by atoms with Gasteiger partial charge in [0.2, 0.25) is 0 Å². The van der Waals surface area contributed by atoms with E-state index in [4.69, 9.17) is 0 Å². The summed E-state index contributed by atoms with van der Waals surface area (Å²) in [7, 11) is 0. The quantitative estimate of drug-likeness (QED) is 0.598. The Kier molecular flexibility index (Phi) is 4.66. The van der Waals surface area contributed by atoms with Crippen LogP contribution in [0.4, 0.5) is 0 Å². The van der Waals surface area contributed by atoms with E-state index in [1.807, 2.05) is 49.7 Å². The molecule has 2 rings (SSSR count). The maximum Gasteiger partial charge on any atom is 0.164 e. The molecule has 3 nitrogen and oxygen atoms in total. The average Bonchev–Trinajstić information content (AvgIpc) is 2.66. The first kappa shape index (κ1) is 16.0. The van der Waals surface area contributed by atoms with Crippen LogP contribution in [0.1, 0.15) is 31.1 Å². The molecule has 1 heterocycles. The van der Waals surface area contributed by atoms with E-state index in [0.717, 1.165) is 16.8 Å². The van der Waals surface area contributed by atoms with E-state index in [0.29, 0.717) is 5.69 Å². The highest BCUT2D eigenvalue weighted by molar-refractivity contribution is 9.38. The Morgan fingerprint density at radius 2 is 1.90 bits per heavy atom. The number of halogens is 3. The average molecular weight is 467 g/mol. The number of aromatic nitrogens is 2. The summed E-state index contributed by atoms with van der Waals surface area (Å²) in [5.74, 6) is 0.236. The summed E-state index contributed by atoms with van der Waals surface area (Å²) in [6.07, 6.45) is 0. The van der Waals surface area contributed by atoms with Crippen LogP contribution in [0, 0.1) is 6.92 Å². The Hall–Kier alpha value is -0.330. The number of hydrogen-bond donors (Lipinski definition) is 1. The molecule has 0 aliphatic heterocycles. The van der Waals surface area contributed by atoms with Gasteiger partial charge in [-0.05, 0) is 32.4 Å². The van der Waals surface area contributed by atoms with Crippen molar-refractivity contribution in [1.82, 2.24) is 9.78 Å². The number of rotatable bonds is 2. The number of alkyl halides is 3. The fraction of sp³-hybridized carbons (Fsp3) is 0.357. The lowest BCUT2D eigenvalue weighted by atomic mass is 10.1. The Morgan fingerprint density at radius 1 is 1.25 bits per heavy atom. The molecule has 0 bridgehead atoms. The Morgan fingerprint density at radius 3 is 2.40 bits per heavy atom. The first-order valence-electron chi connectivity index (χ1n) is 6.17. The molecule has 0 saturated carbocycles. The molecule has 0 atom stereocenters. The van der Waals surface area contributed by atoms with Gasteiger partial charge in [-0.1, -0.05) is 66.0 Å². The molecule has 1 aromatic heterocycles. The van der Waals surface area contributed by atoms with Crippen LogP contribution in [0.15, 0.2) is 24.3 Å². The van der Waals surface area contributed by atoms with Crippen molar-refractivity contribution in [1.29, 1.82) is 0 Å². The van der Waals surface area contributed by atoms with Crippen molar-refractivity contribution >= 4 is 47.8 Å². The molecule has 1 N–H and O–H groups in total. The summed E-state index contributed by atoms with van der Waals surface area (Å²) in [6, 6.07) is 8.04. The van der Waals surface area contributed by atoms with E-state index in [-0.39, 0.29) is 11.8 Å². The maximum absolute atomic E-state index is 10.3. The van der Waals surface area contributed by atoms with Gasteiger partial charge in [0.15, 0.2) is 7.89 Å². The highest BCUT2D eigenvalue weighted by Crippen LogP contribution is 2.45. The monoisotopic (exact) mass is 464 g/mol. The molecule has 0 aliphatic rings. The van der Waals surface area contributed by atoms with E-state index in [1.165, 1.54) is 0 Å². The number of aromatic hydroxyl groups is 1. The second-order valence-corrected chi connectivity index (χ2v) is 11.7. The minimum absolute atomic E-state index is 0.209. The van der Waals surface area contributed by atoms with Crippen LogP contribution in [-0.4, -0.2) is 14.9 Å². The van der Waals surface area contributed by atoms with Crippen molar-refractivity contribution in [3.05, 3.63) is 35.5 Å². The lowest BCUT2D eigenvalue weighted by Gasteiger charge is -2.13. The third-order valence-electron chi connectivity index (χ3n) is 3.07. The predicted octanol–water partition coefficient (Wildman–Crippen LogP) is 5.44. The predicted molar refractivity (Wildman–Crippen MR) is 92.9 cm³/mol. The van der Waals surface area contributed by atoms with Crippen LogP contribution >= 0.6 is 47.8 Å². The summed E-state index contributed by atoms with van der Waals surface area (Å²) in [5, 5.41) is 14.8. The zero-order chi connectivity index (χ0) is 15.1. The largest absolute Gasteiger partial charge is 0.504 e. The van der Waals surface area contributed by atoms with Crippen molar-refractivity contribution in [2.45, 2.75) is 29.0 Å². The summed E-state index contributed by atoms with van der Waals surface area (Å²) < 4.78 is 1.36. The van der Waals surface area contributed by atoms with Crippen LogP contribution in [0.3, 0.4) is 0 Å². The zero-order valence-electron chi connectivity index (χ0n) is 11.4. The highest BCUT2D eigenvalue weighted by Gasteiger charge is 2.23. The van der Waals surface area contributed by atoms with Crippen LogP contribution in [0.5, 0.6) is 5.75 Å². The van der Waals surface area contributed by atoms with Crippen molar-refractivity contribution < 1.29 is 5.11 Å². The highest BCUT2D eigenvalue weighted by atomic mass is 80.0. The molecule has 0 aliphatic carbocycles. The summed E-state index contributed by atoms with van der Waals surface area (Å²) in [4.78, 5) is 0. The summed E-state index contributed by atoms with van der Waals surface area (Å²) >= 11 is 10.5. The van der Waals surface area contributed by atoms with Gasteiger partial charge in [0.05, 0.1) is 5.69 Å². The zero-order valence-corrected chi connectivity index (χ0v) is 16.1. The topological polar surface area (TPSA) is 38.1 Å². The number of hydrogen-bond acceptors (Lipinski definition) is 2. The van der Waals surface area contributed by atoms with Gasteiger partial charge in [-0.3, -0.25) is 4.68 Å². The maximum atomic E-state index is 10.3. The lowest BCUT2D eigenvalue weighted by Crippen LogP contribution is -2.04. The Labute approximate surface area is 143 Å². The summed E-state index contributed by atoms with van der Waals surface area (Å²) in [5.41, 5.74) is 3.26. The molecule has 0 unspecified atom stereocenters. The molecular formula is C14H15Br3N2O. The first-order chi connectivity index (χ1) is 9.21. The van der Waals surface area contributed by atoms with Crippen molar-refractivity contribution in [2.24, 2.45) is 0 Å². The third-order valence-corrected chi connectivity index (χ3v) is 4.44. The van der Waals surface area contributed by atoms with Crippen LogP contribution in [0.2, 0.25) is 0 Å².